The van der Waals surface area contributed by atoms with Crippen molar-refractivity contribution in [2.45, 2.75) is 25.8 Å². The number of nitrogens with one attached hydrogen (secondary N) is 2. The van der Waals surface area contributed by atoms with Crippen LogP contribution in [0.5, 0.6) is 0 Å². The number of ether oxygens (including phenoxy) is 2. The highest BCUT2D eigenvalue weighted by atomic mass is 16.5. The van der Waals surface area contributed by atoms with Crippen LogP contribution >= 0.6 is 0 Å². The minimum atomic E-state index is -1.17. The number of carbonyl (C=O) groups excluding carboxylic acids is 3. The first-order valence-corrected chi connectivity index (χ1v) is 6.60. The van der Waals surface area contributed by atoms with Crippen LogP contribution in [0.4, 0.5) is 0 Å². The molecular weight excluding hydrogens is 292 g/mol. The molecule has 0 bridgehead atoms. The number of aryl methyl sites for hydroxylation is 1. The number of aromatic nitrogens is 1. The molecular formula is C14H18N2O6. The van der Waals surface area contributed by atoms with Crippen molar-refractivity contribution in [2.24, 2.45) is 0 Å². The monoisotopic (exact) mass is 310 g/mol. The Morgan fingerprint density at radius 1 is 1.23 bits per heavy atom. The molecule has 1 aromatic heterocycles. The molecule has 8 nitrogen and oxygen atoms in total. The summed E-state index contributed by atoms with van der Waals surface area (Å²) in [4.78, 5) is 49.0. The number of aromatic amines is 1. The minimum Gasteiger partial charge on any atom is -0.469 e. The molecule has 2 N–H and O–H groups in total. The van der Waals surface area contributed by atoms with Gasteiger partial charge in [0, 0.05) is 11.8 Å². The van der Waals surface area contributed by atoms with Gasteiger partial charge in [0.25, 0.3) is 5.91 Å². The molecule has 0 saturated heterocycles. The molecule has 1 aromatic rings. The van der Waals surface area contributed by atoms with E-state index in [1.807, 2.05) is 0 Å². The molecule has 1 rings (SSSR count). The van der Waals surface area contributed by atoms with Crippen molar-refractivity contribution >= 4 is 17.8 Å². The maximum Gasteiger partial charge on any atom is 0.328 e. The van der Waals surface area contributed by atoms with Crippen LogP contribution in [0.25, 0.3) is 0 Å². The van der Waals surface area contributed by atoms with Crippen LogP contribution < -0.4 is 10.9 Å². The average molecular weight is 310 g/mol. The summed E-state index contributed by atoms with van der Waals surface area (Å²) in [5.41, 5.74) is 0.333. The zero-order valence-electron chi connectivity index (χ0n) is 12.6. The van der Waals surface area contributed by atoms with Gasteiger partial charge in [-0.05, 0) is 12.5 Å². The van der Waals surface area contributed by atoms with Gasteiger partial charge in [-0.1, -0.05) is 6.92 Å². The summed E-state index contributed by atoms with van der Waals surface area (Å²) in [6.45, 7) is 1.77. The number of methoxy groups -OCH3 is 2. The molecule has 8 heteroatoms. The summed E-state index contributed by atoms with van der Waals surface area (Å²) in [6, 6.07) is 1.41. The SMILES string of the molecule is CCc1[nH]c(=O)ccc1C(=O)NC(CC(=O)OC)C(=O)OC. The highest BCUT2D eigenvalue weighted by molar-refractivity contribution is 5.98. The Morgan fingerprint density at radius 2 is 1.91 bits per heavy atom. The molecule has 0 fully saturated rings. The van der Waals surface area contributed by atoms with Crippen molar-refractivity contribution in [1.82, 2.24) is 10.3 Å². The average Bonchev–Trinajstić information content (AvgIpc) is 2.52. The van der Waals surface area contributed by atoms with Gasteiger partial charge in [0.05, 0.1) is 26.2 Å². The van der Waals surface area contributed by atoms with Crippen molar-refractivity contribution in [2.75, 3.05) is 14.2 Å². The van der Waals surface area contributed by atoms with E-state index in [1.54, 1.807) is 6.92 Å². The van der Waals surface area contributed by atoms with Gasteiger partial charge in [0.2, 0.25) is 5.56 Å². The van der Waals surface area contributed by atoms with Gasteiger partial charge >= 0.3 is 11.9 Å². The third-order valence-corrected chi connectivity index (χ3v) is 2.99. The van der Waals surface area contributed by atoms with E-state index >= 15 is 0 Å². The first kappa shape index (κ1) is 17.4. The number of esters is 2. The molecule has 0 saturated carbocycles. The molecule has 1 atom stereocenters. The van der Waals surface area contributed by atoms with Gasteiger partial charge in [-0.15, -0.1) is 0 Å². The summed E-state index contributed by atoms with van der Waals surface area (Å²) in [5.74, 6) is -2.01. The number of H-pyrrole nitrogens is 1. The van der Waals surface area contributed by atoms with Crippen LogP contribution in [0.2, 0.25) is 0 Å². The van der Waals surface area contributed by atoms with Crippen LogP contribution in [0.3, 0.4) is 0 Å². The maximum atomic E-state index is 12.2. The summed E-state index contributed by atoms with van der Waals surface area (Å²) in [7, 11) is 2.33. The van der Waals surface area contributed by atoms with E-state index in [0.29, 0.717) is 12.1 Å². The Bertz CT molecular complexity index is 622. The van der Waals surface area contributed by atoms with Gasteiger partial charge in [0.15, 0.2) is 0 Å². The Morgan fingerprint density at radius 3 is 2.45 bits per heavy atom. The zero-order valence-corrected chi connectivity index (χ0v) is 12.6. The third-order valence-electron chi connectivity index (χ3n) is 2.99. The fourth-order valence-corrected chi connectivity index (χ4v) is 1.83. The first-order chi connectivity index (χ1) is 10.4. The van der Waals surface area contributed by atoms with E-state index in [2.05, 4.69) is 19.8 Å². The van der Waals surface area contributed by atoms with E-state index in [0.717, 1.165) is 7.11 Å². The predicted octanol–water partition coefficient (Wildman–Crippen LogP) is -0.228. The molecule has 22 heavy (non-hydrogen) atoms. The fourth-order valence-electron chi connectivity index (χ4n) is 1.83. The Balaban J connectivity index is 2.98. The first-order valence-electron chi connectivity index (χ1n) is 6.60. The number of hydrogen-bond acceptors (Lipinski definition) is 6. The van der Waals surface area contributed by atoms with Gasteiger partial charge in [-0.25, -0.2) is 4.79 Å². The third kappa shape index (κ3) is 4.44. The summed E-state index contributed by atoms with van der Waals surface area (Å²) in [5, 5.41) is 2.41. The van der Waals surface area contributed by atoms with Crippen LogP contribution in [0, 0.1) is 0 Å². The van der Waals surface area contributed by atoms with E-state index in [9.17, 15) is 19.2 Å². The standard InChI is InChI=1S/C14H18N2O6/c1-4-9-8(5-6-11(17)15-9)13(19)16-10(14(20)22-3)7-12(18)21-2/h5-6,10H,4,7H2,1-3H3,(H,15,17)(H,16,19). The van der Waals surface area contributed by atoms with Gasteiger partial charge in [-0.2, -0.15) is 0 Å². The normalized spacial score (nSPS) is 11.4. The van der Waals surface area contributed by atoms with E-state index < -0.39 is 23.9 Å². The van der Waals surface area contributed by atoms with Crippen molar-refractivity contribution < 1.29 is 23.9 Å². The lowest BCUT2D eigenvalue weighted by Gasteiger charge is -2.16. The lowest BCUT2D eigenvalue weighted by Crippen LogP contribution is -2.43. The summed E-state index contributed by atoms with van der Waals surface area (Å²) >= 11 is 0. The summed E-state index contributed by atoms with van der Waals surface area (Å²) < 4.78 is 9.03. The highest BCUT2D eigenvalue weighted by Gasteiger charge is 2.26. The molecule has 0 aliphatic heterocycles. The summed E-state index contributed by atoms with van der Waals surface area (Å²) in [6.07, 6.45) is 0.0818. The second kappa shape index (κ2) is 7.96. The molecule has 120 valence electrons. The predicted molar refractivity (Wildman–Crippen MR) is 76.3 cm³/mol. The van der Waals surface area contributed by atoms with Crippen molar-refractivity contribution in [1.29, 1.82) is 0 Å². The van der Waals surface area contributed by atoms with E-state index in [4.69, 9.17) is 0 Å². The number of hydrogen-bond donors (Lipinski definition) is 2. The Hall–Kier alpha value is -2.64. The fraction of sp³-hybridized carbons (Fsp3) is 0.429. The smallest absolute Gasteiger partial charge is 0.328 e. The van der Waals surface area contributed by atoms with Crippen LogP contribution in [0.15, 0.2) is 16.9 Å². The lowest BCUT2D eigenvalue weighted by atomic mass is 10.1. The molecule has 1 unspecified atom stereocenters. The van der Waals surface area contributed by atoms with Crippen molar-refractivity contribution in [3.8, 4) is 0 Å². The molecule has 0 aromatic carbocycles. The Kier molecular flexibility index (Phi) is 6.30. The van der Waals surface area contributed by atoms with Gasteiger partial charge in [-0.3, -0.25) is 14.4 Å². The molecule has 0 spiro atoms. The second-order valence-corrected chi connectivity index (χ2v) is 4.40. The largest absolute Gasteiger partial charge is 0.469 e. The van der Waals surface area contributed by atoms with E-state index in [1.165, 1.54) is 19.2 Å². The van der Waals surface area contributed by atoms with Crippen LogP contribution in [-0.2, 0) is 25.5 Å². The maximum absolute atomic E-state index is 12.2. The Labute approximate surface area is 126 Å². The zero-order chi connectivity index (χ0) is 16.7. The van der Waals surface area contributed by atoms with Gasteiger partial charge in [0.1, 0.15) is 6.04 Å². The van der Waals surface area contributed by atoms with Gasteiger partial charge < -0.3 is 19.8 Å². The number of pyridine rings is 1. The van der Waals surface area contributed by atoms with Crippen LogP contribution in [-0.4, -0.2) is 43.1 Å². The molecule has 1 heterocycles. The molecule has 0 radical (unpaired) electrons. The van der Waals surface area contributed by atoms with E-state index in [-0.39, 0.29) is 17.5 Å². The highest BCUT2D eigenvalue weighted by Crippen LogP contribution is 2.06. The number of amides is 1. The number of carbonyl (C=O) groups is 3. The van der Waals surface area contributed by atoms with Crippen molar-refractivity contribution in [3.05, 3.63) is 33.7 Å². The molecule has 0 aliphatic carbocycles. The lowest BCUT2D eigenvalue weighted by molar-refractivity contribution is -0.149. The minimum absolute atomic E-state index is 0.223. The molecule has 0 aliphatic rings. The quantitative estimate of drug-likeness (QED) is 0.702. The molecule has 1 amide bonds. The topological polar surface area (TPSA) is 115 Å². The number of rotatable bonds is 6. The second-order valence-electron chi connectivity index (χ2n) is 4.40. The van der Waals surface area contributed by atoms with Crippen molar-refractivity contribution in [3.63, 3.8) is 0 Å². The van der Waals surface area contributed by atoms with Crippen LogP contribution in [0.1, 0.15) is 29.4 Å².